The third kappa shape index (κ3) is 2.59. The Morgan fingerprint density at radius 3 is 2.79 bits per heavy atom. The first-order chi connectivity index (χ1) is 8.99. The molecule has 2 aromatic rings. The molecule has 19 heavy (non-hydrogen) atoms. The van der Waals surface area contributed by atoms with Gasteiger partial charge in [0.1, 0.15) is 0 Å². The summed E-state index contributed by atoms with van der Waals surface area (Å²) < 4.78 is 1.51. The minimum absolute atomic E-state index is 0.0241. The van der Waals surface area contributed by atoms with E-state index in [1.807, 2.05) is 0 Å². The van der Waals surface area contributed by atoms with E-state index >= 15 is 0 Å². The summed E-state index contributed by atoms with van der Waals surface area (Å²) in [6.07, 6.45) is 3.00. The Balaban J connectivity index is 2.27. The molecule has 7 nitrogen and oxygen atoms in total. The monoisotopic (exact) mass is 260 g/mol. The number of hydrogen-bond acceptors (Lipinski definition) is 4. The lowest BCUT2D eigenvalue weighted by atomic mass is 10.1. The van der Waals surface area contributed by atoms with Crippen LogP contribution < -0.4 is 5.32 Å². The number of nitrogens with zero attached hydrogens (tertiary/aromatic N) is 3. The van der Waals surface area contributed by atoms with Gasteiger partial charge < -0.3 is 5.32 Å². The van der Waals surface area contributed by atoms with Gasteiger partial charge in [-0.15, -0.1) is 0 Å². The van der Waals surface area contributed by atoms with Gasteiger partial charge in [0.15, 0.2) is 0 Å². The number of nitro benzene ring substituents is 1. The number of carbonyl (C=O) groups is 1. The first kappa shape index (κ1) is 12.7. The summed E-state index contributed by atoms with van der Waals surface area (Å²) in [6.45, 7) is 1.59. The number of hydrogen-bond donors (Lipinski definition) is 1. The Morgan fingerprint density at radius 1 is 1.47 bits per heavy atom. The van der Waals surface area contributed by atoms with Gasteiger partial charge in [0.2, 0.25) is 0 Å². The molecule has 0 aliphatic carbocycles. The fourth-order valence-electron chi connectivity index (χ4n) is 1.69. The van der Waals surface area contributed by atoms with Crippen molar-refractivity contribution in [2.45, 2.75) is 6.92 Å². The van der Waals surface area contributed by atoms with E-state index in [9.17, 15) is 14.9 Å². The number of aromatic nitrogens is 2. The predicted molar refractivity (Wildman–Crippen MR) is 69.0 cm³/mol. The highest BCUT2D eigenvalue weighted by molar-refractivity contribution is 6.04. The second-order valence-corrected chi connectivity index (χ2v) is 4.06. The van der Waals surface area contributed by atoms with Crippen molar-refractivity contribution in [2.75, 3.05) is 5.32 Å². The van der Waals surface area contributed by atoms with Crippen molar-refractivity contribution >= 4 is 17.3 Å². The Kier molecular flexibility index (Phi) is 3.28. The minimum Gasteiger partial charge on any atom is -0.321 e. The maximum Gasteiger partial charge on any atom is 0.274 e. The SMILES string of the molecule is Cc1c(NC(=O)c2cnn(C)c2)cccc1[N+](=O)[O-]. The molecule has 0 unspecified atom stereocenters. The van der Waals surface area contributed by atoms with Crippen LogP contribution in [-0.4, -0.2) is 20.6 Å². The van der Waals surface area contributed by atoms with Crippen LogP contribution in [0.4, 0.5) is 11.4 Å². The van der Waals surface area contributed by atoms with Crippen LogP contribution in [0.15, 0.2) is 30.6 Å². The molecule has 0 saturated carbocycles. The number of anilines is 1. The van der Waals surface area contributed by atoms with Crippen LogP contribution in [0.3, 0.4) is 0 Å². The summed E-state index contributed by atoms with van der Waals surface area (Å²) in [5.74, 6) is -0.350. The van der Waals surface area contributed by atoms with Gasteiger partial charge in [-0.05, 0) is 13.0 Å². The van der Waals surface area contributed by atoms with Gasteiger partial charge in [-0.2, -0.15) is 5.10 Å². The molecule has 0 bridgehead atoms. The van der Waals surface area contributed by atoms with E-state index < -0.39 is 4.92 Å². The third-order valence-corrected chi connectivity index (χ3v) is 2.72. The summed E-state index contributed by atoms with van der Waals surface area (Å²) in [7, 11) is 1.70. The van der Waals surface area contributed by atoms with Gasteiger partial charge in [-0.1, -0.05) is 6.07 Å². The summed E-state index contributed by atoms with van der Waals surface area (Å²) in [5, 5.41) is 17.3. The van der Waals surface area contributed by atoms with E-state index in [2.05, 4.69) is 10.4 Å². The largest absolute Gasteiger partial charge is 0.321 e. The van der Waals surface area contributed by atoms with Gasteiger partial charge in [-0.25, -0.2) is 0 Å². The van der Waals surface area contributed by atoms with Crippen LogP contribution in [0.2, 0.25) is 0 Å². The average molecular weight is 260 g/mol. The van der Waals surface area contributed by atoms with Gasteiger partial charge in [0.25, 0.3) is 11.6 Å². The maximum absolute atomic E-state index is 11.9. The normalized spacial score (nSPS) is 10.2. The molecule has 0 spiro atoms. The molecule has 1 N–H and O–H groups in total. The van der Waals surface area contributed by atoms with Crippen LogP contribution in [0.25, 0.3) is 0 Å². The molecular weight excluding hydrogens is 248 g/mol. The number of nitro groups is 1. The van der Waals surface area contributed by atoms with Gasteiger partial charge in [0, 0.05) is 19.3 Å². The summed E-state index contributed by atoms with van der Waals surface area (Å²) >= 11 is 0. The molecule has 1 amide bonds. The number of nitrogens with one attached hydrogen (secondary N) is 1. The van der Waals surface area contributed by atoms with E-state index in [0.717, 1.165) is 0 Å². The maximum atomic E-state index is 11.9. The Morgan fingerprint density at radius 2 is 2.21 bits per heavy atom. The van der Waals surface area contributed by atoms with Crippen molar-refractivity contribution in [3.8, 4) is 0 Å². The molecule has 0 saturated heterocycles. The van der Waals surface area contributed by atoms with Gasteiger partial charge in [0.05, 0.1) is 27.9 Å². The molecule has 0 radical (unpaired) electrons. The smallest absolute Gasteiger partial charge is 0.274 e. The number of rotatable bonds is 3. The van der Waals surface area contributed by atoms with Crippen molar-refractivity contribution in [3.63, 3.8) is 0 Å². The van der Waals surface area contributed by atoms with Crippen LogP contribution in [-0.2, 0) is 7.05 Å². The number of carbonyl (C=O) groups excluding carboxylic acids is 1. The molecule has 0 fully saturated rings. The zero-order chi connectivity index (χ0) is 14.0. The average Bonchev–Trinajstić information content (AvgIpc) is 2.78. The predicted octanol–water partition coefficient (Wildman–Crippen LogP) is 1.89. The highest BCUT2D eigenvalue weighted by Gasteiger charge is 2.15. The molecule has 98 valence electrons. The number of benzene rings is 1. The van der Waals surface area contributed by atoms with Crippen molar-refractivity contribution in [1.82, 2.24) is 9.78 Å². The Hall–Kier alpha value is -2.70. The van der Waals surface area contributed by atoms with Crippen molar-refractivity contribution in [2.24, 2.45) is 7.05 Å². The molecule has 0 aliphatic heterocycles. The molecule has 0 atom stereocenters. The van der Waals surface area contributed by atoms with Crippen molar-refractivity contribution in [1.29, 1.82) is 0 Å². The zero-order valence-corrected chi connectivity index (χ0v) is 10.5. The minimum atomic E-state index is -0.477. The van der Waals surface area contributed by atoms with Crippen LogP contribution in [0.1, 0.15) is 15.9 Å². The highest BCUT2D eigenvalue weighted by atomic mass is 16.6. The molecule has 1 heterocycles. The van der Waals surface area contributed by atoms with E-state index in [4.69, 9.17) is 0 Å². The number of aryl methyl sites for hydroxylation is 1. The molecule has 1 aromatic heterocycles. The van der Waals surface area contributed by atoms with E-state index in [0.29, 0.717) is 16.8 Å². The number of amides is 1. The van der Waals surface area contributed by atoms with Crippen molar-refractivity contribution < 1.29 is 9.72 Å². The fourth-order valence-corrected chi connectivity index (χ4v) is 1.69. The second kappa shape index (κ2) is 4.89. The Bertz CT molecular complexity index is 648. The molecule has 7 heteroatoms. The second-order valence-electron chi connectivity index (χ2n) is 4.06. The van der Waals surface area contributed by atoms with E-state index in [1.165, 1.54) is 23.0 Å². The summed E-state index contributed by atoms with van der Waals surface area (Å²) in [6, 6.07) is 4.55. The van der Waals surface area contributed by atoms with Crippen molar-refractivity contribution in [3.05, 3.63) is 51.8 Å². The molecular formula is C12H12N4O3. The summed E-state index contributed by atoms with van der Waals surface area (Å²) in [4.78, 5) is 22.3. The zero-order valence-electron chi connectivity index (χ0n) is 10.5. The van der Waals surface area contributed by atoms with E-state index in [-0.39, 0.29) is 11.6 Å². The lowest BCUT2D eigenvalue weighted by molar-refractivity contribution is -0.385. The first-order valence-electron chi connectivity index (χ1n) is 5.53. The standard InChI is InChI=1S/C12H12N4O3/c1-8-10(4-3-5-11(8)16(18)19)14-12(17)9-6-13-15(2)7-9/h3-7H,1-2H3,(H,14,17). The highest BCUT2D eigenvalue weighted by Crippen LogP contribution is 2.25. The fraction of sp³-hybridized carbons (Fsp3) is 0.167. The van der Waals surface area contributed by atoms with Gasteiger partial charge in [-0.3, -0.25) is 19.6 Å². The van der Waals surface area contributed by atoms with Gasteiger partial charge >= 0.3 is 0 Å². The molecule has 2 rings (SSSR count). The molecule has 1 aromatic carbocycles. The van der Waals surface area contributed by atoms with Crippen LogP contribution in [0.5, 0.6) is 0 Å². The van der Waals surface area contributed by atoms with E-state index in [1.54, 1.807) is 26.2 Å². The quantitative estimate of drug-likeness (QED) is 0.674. The third-order valence-electron chi connectivity index (χ3n) is 2.72. The summed E-state index contributed by atoms with van der Waals surface area (Å²) in [5.41, 5.74) is 1.21. The Labute approximate surface area is 109 Å². The first-order valence-corrected chi connectivity index (χ1v) is 5.53. The lowest BCUT2D eigenvalue weighted by Gasteiger charge is -2.07. The topological polar surface area (TPSA) is 90.1 Å². The lowest BCUT2D eigenvalue weighted by Crippen LogP contribution is -2.12. The van der Waals surface area contributed by atoms with Crippen LogP contribution >= 0.6 is 0 Å². The molecule has 0 aliphatic rings. The van der Waals surface area contributed by atoms with Crippen LogP contribution in [0, 0.1) is 17.0 Å².